The second-order valence-electron chi connectivity index (χ2n) is 4.34. The summed E-state index contributed by atoms with van der Waals surface area (Å²) in [6.45, 7) is -0.255. The fourth-order valence-corrected chi connectivity index (χ4v) is 2.15. The van der Waals surface area contributed by atoms with Gasteiger partial charge in [0.25, 0.3) is 0 Å². The molecule has 7 heteroatoms. The van der Waals surface area contributed by atoms with Crippen LogP contribution in [-0.2, 0) is 4.79 Å². The molecule has 1 aliphatic rings. The van der Waals surface area contributed by atoms with Crippen molar-refractivity contribution < 1.29 is 28.6 Å². The SMILES string of the molecule is O=C(O)C1=C(c2ccc(F)cc2F)CCN(C(=O)O)C1. The molecule has 0 bridgehead atoms. The minimum Gasteiger partial charge on any atom is -0.478 e. The largest absolute Gasteiger partial charge is 0.478 e. The van der Waals surface area contributed by atoms with Crippen LogP contribution in [0.4, 0.5) is 13.6 Å². The van der Waals surface area contributed by atoms with E-state index < -0.39 is 23.7 Å². The van der Waals surface area contributed by atoms with Gasteiger partial charge in [0.05, 0.1) is 12.1 Å². The number of nitrogens with zero attached hydrogens (tertiary/aromatic N) is 1. The van der Waals surface area contributed by atoms with E-state index >= 15 is 0 Å². The molecule has 1 aromatic rings. The molecule has 2 N–H and O–H groups in total. The van der Waals surface area contributed by atoms with Crippen LogP contribution in [0.15, 0.2) is 23.8 Å². The highest BCUT2D eigenvalue weighted by Crippen LogP contribution is 2.29. The van der Waals surface area contributed by atoms with Gasteiger partial charge >= 0.3 is 12.1 Å². The summed E-state index contributed by atoms with van der Waals surface area (Å²) in [5.74, 6) is -2.93. The molecule has 1 amide bonds. The monoisotopic (exact) mass is 283 g/mol. The lowest BCUT2D eigenvalue weighted by Crippen LogP contribution is -2.37. The summed E-state index contributed by atoms with van der Waals surface area (Å²) in [4.78, 5) is 23.0. The molecule has 0 fully saturated rings. The van der Waals surface area contributed by atoms with Crippen LogP contribution in [0.3, 0.4) is 0 Å². The first-order chi connectivity index (χ1) is 9.40. The topological polar surface area (TPSA) is 77.8 Å². The number of benzene rings is 1. The van der Waals surface area contributed by atoms with Crippen molar-refractivity contribution in [3.05, 3.63) is 41.0 Å². The Balaban J connectivity index is 2.48. The van der Waals surface area contributed by atoms with Crippen molar-refractivity contribution in [1.82, 2.24) is 4.90 Å². The average molecular weight is 283 g/mol. The van der Waals surface area contributed by atoms with Gasteiger partial charge in [-0.15, -0.1) is 0 Å². The number of carboxylic acid groups (broad SMARTS) is 2. The summed E-state index contributed by atoms with van der Waals surface area (Å²) in [7, 11) is 0. The molecule has 20 heavy (non-hydrogen) atoms. The molecule has 0 saturated heterocycles. The van der Waals surface area contributed by atoms with Crippen molar-refractivity contribution in [2.75, 3.05) is 13.1 Å². The zero-order valence-corrected chi connectivity index (χ0v) is 10.3. The molecule has 2 rings (SSSR count). The Morgan fingerprint density at radius 1 is 1.20 bits per heavy atom. The van der Waals surface area contributed by atoms with Crippen molar-refractivity contribution in [1.29, 1.82) is 0 Å². The molecule has 1 aliphatic heterocycles. The van der Waals surface area contributed by atoms with Gasteiger partial charge in [-0.3, -0.25) is 0 Å². The summed E-state index contributed by atoms with van der Waals surface area (Å²) in [6, 6.07) is 2.87. The molecule has 106 valence electrons. The summed E-state index contributed by atoms with van der Waals surface area (Å²) in [5, 5.41) is 18.0. The number of hydrogen-bond donors (Lipinski definition) is 2. The molecule has 0 aromatic heterocycles. The number of hydrogen-bond acceptors (Lipinski definition) is 2. The van der Waals surface area contributed by atoms with Gasteiger partial charge in [-0.1, -0.05) is 0 Å². The highest BCUT2D eigenvalue weighted by Gasteiger charge is 2.28. The van der Waals surface area contributed by atoms with E-state index in [-0.39, 0.29) is 36.2 Å². The predicted octanol–water partition coefficient (Wildman–Crippen LogP) is 2.19. The van der Waals surface area contributed by atoms with Crippen molar-refractivity contribution in [2.24, 2.45) is 0 Å². The van der Waals surface area contributed by atoms with Crippen molar-refractivity contribution >= 4 is 17.6 Å². The molecule has 0 aliphatic carbocycles. The highest BCUT2D eigenvalue weighted by molar-refractivity contribution is 5.98. The maximum atomic E-state index is 13.7. The molecule has 0 spiro atoms. The van der Waals surface area contributed by atoms with Crippen LogP contribution in [0.5, 0.6) is 0 Å². The maximum Gasteiger partial charge on any atom is 0.407 e. The fourth-order valence-electron chi connectivity index (χ4n) is 2.15. The number of halogens is 2. The number of aliphatic carboxylic acids is 1. The number of carbonyl (C=O) groups is 2. The summed E-state index contributed by atoms with van der Waals surface area (Å²) >= 11 is 0. The van der Waals surface area contributed by atoms with Crippen molar-refractivity contribution in [3.63, 3.8) is 0 Å². The Morgan fingerprint density at radius 2 is 1.90 bits per heavy atom. The Morgan fingerprint density at radius 3 is 2.45 bits per heavy atom. The van der Waals surface area contributed by atoms with Crippen LogP contribution in [0.1, 0.15) is 12.0 Å². The van der Waals surface area contributed by atoms with Crippen molar-refractivity contribution in [2.45, 2.75) is 6.42 Å². The van der Waals surface area contributed by atoms with E-state index in [1.807, 2.05) is 0 Å². The molecule has 1 aromatic carbocycles. The third kappa shape index (κ3) is 2.61. The average Bonchev–Trinajstić information content (AvgIpc) is 2.38. The quantitative estimate of drug-likeness (QED) is 0.872. The van der Waals surface area contributed by atoms with E-state index in [1.165, 1.54) is 6.07 Å². The lowest BCUT2D eigenvalue weighted by molar-refractivity contribution is -0.132. The lowest BCUT2D eigenvalue weighted by Gasteiger charge is -2.27. The van der Waals surface area contributed by atoms with Crippen LogP contribution in [-0.4, -0.2) is 40.3 Å². The van der Waals surface area contributed by atoms with E-state index in [9.17, 15) is 18.4 Å². The van der Waals surface area contributed by atoms with E-state index in [4.69, 9.17) is 10.2 Å². The van der Waals surface area contributed by atoms with Gasteiger partial charge in [-0.05, 0) is 24.1 Å². The number of amides is 1. The van der Waals surface area contributed by atoms with Gasteiger partial charge in [0.1, 0.15) is 11.6 Å². The summed E-state index contributed by atoms with van der Waals surface area (Å²) < 4.78 is 26.6. The van der Waals surface area contributed by atoms with E-state index in [1.54, 1.807) is 0 Å². The molecule has 0 atom stereocenters. The van der Waals surface area contributed by atoms with E-state index in [0.717, 1.165) is 11.0 Å². The first-order valence-corrected chi connectivity index (χ1v) is 5.78. The third-order valence-corrected chi connectivity index (χ3v) is 3.13. The molecular formula is C13H11F2NO4. The Bertz CT molecular complexity index is 612. The molecule has 0 saturated carbocycles. The normalized spacial score (nSPS) is 15.4. The molecule has 5 nitrogen and oxygen atoms in total. The van der Waals surface area contributed by atoms with Crippen LogP contribution >= 0.6 is 0 Å². The minimum absolute atomic E-state index is 0.00570. The molecular weight excluding hydrogens is 272 g/mol. The van der Waals surface area contributed by atoms with Crippen LogP contribution < -0.4 is 0 Å². The van der Waals surface area contributed by atoms with Gasteiger partial charge in [0.2, 0.25) is 0 Å². The summed E-state index contributed by atoms with van der Waals surface area (Å²) in [6.07, 6.45) is -1.17. The van der Waals surface area contributed by atoms with E-state index in [2.05, 4.69) is 0 Å². The zero-order valence-electron chi connectivity index (χ0n) is 10.3. The standard InChI is InChI=1S/C13H11F2NO4/c14-7-1-2-9(11(15)5-7)8-3-4-16(13(19)20)6-10(8)12(17)18/h1-2,5H,3-4,6H2,(H,17,18)(H,19,20). The fraction of sp³-hybridized carbons (Fsp3) is 0.231. The maximum absolute atomic E-state index is 13.7. The van der Waals surface area contributed by atoms with Gasteiger partial charge < -0.3 is 15.1 Å². The Hall–Kier alpha value is -2.44. The number of rotatable bonds is 2. The first-order valence-electron chi connectivity index (χ1n) is 5.78. The minimum atomic E-state index is -1.31. The Kier molecular flexibility index (Phi) is 3.69. The second kappa shape index (κ2) is 5.28. The van der Waals surface area contributed by atoms with E-state index in [0.29, 0.717) is 6.07 Å². The lowest BCUT2D eigenvalue weighted by atomic mass is 9.93. The van der Waals surface area contributed by atoms with Crippen LogP contribution in [0, 0.1) is 11.6 Å². The molecule has 0 unspecified atom stereocenters. The predicted molar refractivity (Wildman–Crippen MR) is 65.1 cm³/mol. The second-order valence-corrected chi connectivity index (χ2v) is 4.34. The third-order valence-electron chi connectivity index (χ3n) is 3.13. The Labute approximate surface area is 112 Å². The molecule has 0 radical (unpaired) electrons. The van der Waals surface area contributed by atoms with Gasteiger partial charge in [0.15, 0.2) is 0 Å². The van der Waals surface area contributed by atoms with Crippen molar-refractivity contribution in [3.8, 4) is 0 Å². The van der Waals surface area contributed by atoms with Gasteiger partial charge in [-0.2, -0.15) is 0 Å². The zero-order chi connectivity index (χ0) is 14.9. The number of carboxylic acids is 1. The first kappa shape index (κ1) is 14.0. The smallest absolute Gasteiger partial charge is 0.407 e. The van der Waals surface area contributed by atoms with Crippen LogP contribution in [0.2, 0.25) is 0 Å². The van der Waals surface area contributed by atoms with Gasteiger partial charge in [-0.25, -0.2) is 18.4 Å². The van der Waals surface area contributed by atoms with Gasteiger partial charge in [0, 0.05) is 18.2 Å². The van der Waals surface area contributed by atoms with Crippen LogP contribution in [0.25, 0.3) is 5.57 Å². The molecule has 1 heterocycles. The summed E-state index contributed by atoms with van der Waals surface area (Å²) in [5.41, 5.74) is 0.00509. The highest BCUT2D eigenvalue weighted by atomic mass is 19.1.